The number of hydrogen-bond donors (Lipinski definition) is 2. The molecule has 1 aliphatic heterocycles. The zero-order valence-electron chi connectivity index (χ0n) is 10.1. The lowest BCUT2D eigenvalue weighted by Gasteiger charge is -2.23. The number of hydrogen-bond acceptors (Lipinski definition) is 2. The summed E-state index contributed by atoms with van der Waals surface area (Å²) >= 11 is 0. The molecule has 92 valence electrons. The molecule has 0 spiro atoms. The second-order valence-corrected chi connectivity index (χ2v) is 4.78. The van der Waals surface area contributed by atoms with Crippen LogP contribution in [0.25, 0.3) is 0 Å². The first-order chi connectivity index (χ1) is 8.01. The highest BCUT2D eigenvalue weighted by molar-refractivity contribution is 5.98. The molecule has 1 atom stereocenters. The number of benzene rings is 1. The third-order valence-electron chi connectivity index (χ3n) is 3.31. The average molecular weight is 236 g/mol. The number of carbonyl (C=O) groups excluding carboxylic acids is 1. The predicted octanol–water partition coefficient (Wildman–Crippen LogP) is 2.21. The summed E-state index contributed by atoms with van der Waals surface area (Å²) in [4.78, 5) is 12.1. The van der Waals surface area contributed by atoms with Crippen LogP contribution in [0, 0.1) is 12.7 Å². The normalized spacial score (nSPS) is 23.7. The molecular formula is C13H17FN2O. The molecule has 2 rings (SSSR count). The largest absolute Gasteiger partial charge is 0.324 e. The zero-order chi connectivity index (χ0) is 12.5. The molecule has 1 amide bonds. The van der Waals surface area contributed by atoms with E-state index in [0.717, 1.165) is 24.9 Å². The van der Waals surface area contributed by atoms with Gasteiger partial charge in [0.1, 0.15) is 5.82 Å². The van der Waals surface area contributed by atoms with Crippen molar-refractivity contribution in [2.45, 2.75) is 32.2 Å². The van der Waals surface area contributed by atoms with Gasteiger partial charge >= 0.3 is 0 Å². The van der Waals surface area contributed by atoms with Gasteiger partial charge in [0.15, 0.2) is 0 Å². The highest BCUT2D eigenvalue weighted by atomic mass is 19.1. The fraction of sp³-hybridized carbons (Fsp3) is 0.462. The van der Waals surface area contributed by atoms with E-state index in [1.165, 1.54) is 12.1 Å². The summed E-state index contributed by atoms with van der Waals surface area (Å²) in [6, 6.07) is 4.37. The number of rotatable bonds is 2. The lowest BCUT2D eigenvalue weighted by atomic mass is 9.99. The lowest BCUT2D eigenvalue weighted by Crippen LogP contribution is -2.48. The third-order valence-corrected chi connectivity index (χ3v) is 3.31. The van der Waals surface area contributed by atoms with Gasteiger partial charge in [-0.3, -0.25) is 4.79 Å². The van der Waals surface area contributed by atoms with Crippen LogP contribution in [0.5, 0.6) is 0 Å². The molecule has 1 aromatic rings. The fourth-order valence-corrected chi connectivity index (χ4v) is 2.12. The minimum atomic E-state index is -0.499. The van der Waals surface area contributed by atoms with Gasteiger partial charge in [0.25, 0.3) is 0 Å². The van der Waals surface area contributed by atoms with Crippen LogP contribution >= 0.6 is 0 Å². The molecule has 1 aliphatic rings. The Morgan fingerprint density at radius 3 is 2.88 bits per heavy atom. The third kappa shape index (κ3) is 2.47. The summed E-state index contributed by atoms with van der Waals surface area (Å²) in [5.74, 6) is -0.338. The number of anilines is 1. The van der Waals surface area contributed by atoms with Crippen molar-refractivity contribution in [2.75, 3.05) is 11.9 Å². The van der Waals surface area contributed by atoms with Gasteiger partial charge in [0, 0.05) is 5.69 Å². The molecule has 0 aromatic heterocycles. The van der Waals surface area contributed by atoms with Crippen LogP contribution < -0.4 is 10.6 Å². The Morgan fingerprint density at radius 2 is 2.29 bits per heavy atom. The van der Waals surface area contributed by atoms with Crippen LogP contribution in [0.15, 0.2) is 18.2 Å². The summed E-state index contributed by atoms with van der Waals surface area (Å²) in [6.45, 7) is 4.55. The highest BCUT2D eigenvalue weighted by Crippen LogP contribution is 2.22. The summed E-state index contributed by atoms with van der Waals surface area (Å²) < 4.78 is 12.9. The standard InChI is InChI=1S/C13H17FN2O/c1-9-8-10(14)4-5-11(9)16-12(17)13(2)6-3-7-15-13/h4-5,8,15H,3,6-7H2,1-2H3,(H,16,17). The maximum atomic E-state index is 12.9. The molecule has 1 unspecified atom stereocenters. The maximum absolute atomic E-state index is 12.9. The van der Waals surface area contributed by atoms with Crippen LogP contribution in [-0.2, 0) is 4.79 Å². The quantitative estimate of drug-likeness (QED) is 0.826. The number of nitrogens with one attached hydrogen (secondary N) is 2. The van der Waals surface area contributed by atoms with E-state index >= 15 is 0 Å². The van der Waals surface area contributed by atoms with E-state index in [-0.39, 0.29) is 11.7 Å². The van der Waals surface area contributed by atoms with E-state index in [0.29, 0.717) is 5.69 Å². The van der Waals surface area contributed by atoms with E-state index in [2.05, 4.69) is 10.6 Å². The van der Waals surface area contributed by atoms with Crippen molar-refractivity contribution < 1.29 is 9.18 Å². The Labute approximate surface area is 100 Å². The van der Waals surface area contributed by atoms with Crippen molar-refractivity contribution >= 4 is 11.6 Å². The Hall–Kier alpha value is -1.42. The zero-order valence-corrected chi connectivity index (χ0v) is 10.1. The van der Waals surface area contributed by atoms with E-state index < -0.39 is 5.54 Å². The fourth-order valence-electron chi connectivity index (χ4n) is 2.12. The lowest BCUT2D eigenvalue weighted by molar-refractivity contribution is -0.121. The van der Waals surface area contributed by atoms with E-state index in [4.69, 9.17) is 0 Å². The topological polar surface area (TPSA) is 41.1 Å². The first-order valence-electron chi connectivity index (χ1n) is 5.84. The van der Waals surface area contributed by atoms with Crippen molar-refractivity contribution in [1.82, 2.24) is 5.32 Å². The van der Waals surface area contributed by atoms with Crippen molar-refractivity contribution in [3.05, 3.63) is 29.6 Å². The van der Waals surface area contributed by atoms with Gasteiger partial charge in [0.05, 0.1) is 5.54 Å². The van der Waals surface area contributed by atoms with Crippen molar-refractivity contribution in [1.29, 1.82) is 0 Å². The molecule has 1 fully saturated rings. The van der Waals surface area contributed by atoms with Gasteiger partial charge in [-0.2, -0.15) is 0 Å². The van der Waals surface area contributed by atoms with Crippen LogP contribution in [0.2, 0.25) is 0 Å². The Balaban J connectivity index is 2.13. The number of halogens is 1. The molecule has 3 nitrogen and oxygen atoms in total. The summed E-state index contributed by atoms with van der Waals surface area (Å²) in [7, 11) is 0. The molecule has 4 heteroatoms. The SMILES string of the molecule is Cc1cc(F)ccc1NC(=O)C1(C)CCCN1. The number of amides is 1. The molecule has 1 saturated heterocycles. The second kappa shape index (κ2) is 4.45. The Bertz CT molecular complexity index is 439. The summed E-state index contributed by atoms with van der Waals surface area (Å²) in [5, 5.41) is 6.05. The van der Waals surface area contributed by atoms with Crippen LogP contribution in [0.3, 0.4) is 0 Å². The highest BCUT2D eigenvalue weighted by Gasteiger charge is 2.35. The first kappa shape index (κ1) is 12.0. The van der Waals surface area contributed by atoms with Gasteiger partial charge in [-0.05, 0) is 57.0 Å². The Morgan fingerprint density at radius 1 is 1.53 bits per heavy atom. The van der Waals surface area contributed by atoms with E-state index in [1.54, 1.807) is 13.0 Å². The average Bonchev–Trinajstić information content (AvgIpc) is 2.71. The molecule has 0 bridgehead atoms. The van der Waals surface area contributed by atoms with Crippen molar-refractivity contribution in [3.8, 4) is 0 Å². The molecule has 1 heterocycles. The first-order valence-corrected chi connectivity index (χ1v) is 5.84. The van der Waals surface area contributed by atoms with Crippen molar-refractivity contribution in [2.24, 2.45) is 0 Å². The van der Waals surface area contributed by atoms with Gasteiger partial charge in [-0.25, -0.2) is 4.39 Å². The minimum Gasteiger partial charge on any atom is -0.324 e. The summed E-state index contributed by atoms with van der Waals surface area (Å²) in [5.41, 5.74) is 0.909. The van der Waals surface area contributed by atoms with Crippen LogP contribution in [0.4, 0.5) is 10.1 Å². The molecule has 0 aliphatic carbocycles. The summed E-state index contributed by atoms with van der Waals surface area (Å²) in [6.07, 6.45) is 1.84. The molecule has 0 radical (unpaired) electrons. The monoisotopic (exact) mass is 236 g/mol. The Kier molecular flexibility index (Phi) is 3.15. The van der Waals surface area contributed by atoms with E-state index in [1.807, 2.05) is 6.92 Å². The molecule has 2 N–H and O–H groups in total. The minimum absolute atomic E-state index is 0.0512. The van der Waals surface area contributed by atoms with Gasteiger partial charge in [-0.15, -0.1) is 0 Å². The smallest absolute Gasteiger partial charge is 0.244 e. The molecule has 0 saturated carbocycles. The van der Waals surface area contributed by atoms with Crippen LogP contribution in [0.1, 0.15) is 25.3 Å². The number of carbonyl (C=O) groups is 1. The maximum Gasteiger partial charge on any atom is 0.244 e. The van der Waals surface area contributed by atoms with E-state index in [9.17, 15) is 9.18 Å². The van der Waals surface area contributed by atoms with Crippen molar-refractivity contribution in [3.63, 3.8) is 0 Å². The second-order valence-electron chi connectivity index (χ2n) is 4.78. The molecule has 17 heavy (non-hydrogen) atoms. The molecular weight excluding hydrogens is 219 g/mol. The van der Waals surface area contributed by atoms with Gasteiger partial charge in [-0.1, -0.05) is 0 Å². The van der Waals surface area contributed by atoms with Crippen LogP contribution in [-0.4, -0.2) is 18.0 Å². The number of aryl methyl sites for hydroxylation is 1. The molecule has 1 aromatic carbocycles. The van der Waals surface area contributed by atoms with Gasteiger partial charge in [0.2, 0.25) is 5.91 Å². The van der Waals surface area contributed by atoms with Gasteiger partial charge < -0.3 is 10.6 Å². The predicted molar refractivity (Wildman–Crippen MR) is 65.4 cm³/mol.